The van der Waals surface area contributed by atoms with Crippen LogP contribution in [0.15, 0.2) is 24.3 Å². The molecule has 2 unspecified atom stereocenters. The monoisotopic (exact) mass is 277 g/mol. The summed E-state index contributed by atoms with van der Waals surface area (Å²) in [5.41, 5.74) is 7.91. The molecule has 0 saturated heterocycles. The molecule has 0 aliphatic heterocycles. The van der Waals surface area contributed by atoms with Crippen LogP contribution in [0.4, 0.5) is 0 Å². The normalized spacial score (nSPS) is 14.9. The number of para-hydroxylation sites is 1. The van der Waals surface area contributed by atoms with E-state index in [0.717, 1.165) is 30.8 Å². The van der Waals surface area contributed by atoms with Crippen LogP contribution in [0.3, 0.4) is 0 Å². The fourth-order valence-electron chi connectivity index (χ4n) is 2.82. The average Bonchev–Trinajstić information content (AvgIpc) is 2.34. The van der Waals surface area contributed by atoms with Gasteiger partial charge in [0.1, 0.15) is 5.75 Å². The Kier molecular flexibility index (Phi) is 6.54. The molecule has 1 rings (SSSR count). The van der Waals surface area contributed by atoms with Crippen LogP contribution in [0.2, 0.25) is 0 Å². The molecule has 0 bridgehead atoms. The highest BCUT2D eigenvalue weighted by Crippen LogP contribution is 2.32. The average molecular weight is 277 g/mol. The third-order valence-corrected chi connectivity index (χ3v) is 3.40. The van der Waals surface area contributed by atoms with Crippen LogP contribution in [0, 0.1) is 11.3 Å². The first-order valence-corrected chi connectivity index (χ1v) is 7.80. The maximum atomic E-state index is 6.41. The van der Waals surface area contributed by atoms with Gasteiger partial charge in [0.05, 0.1) is 6.61 Å². The molecule has 0 spiro atoms. The van der Waals surface area contributed by atoms with E-state index in [1.165, 1.54) is 6.42 Å². The van der Waals surface area contributed by atoms with Gasteiger partial charge in [-0.3, -0.25) is 0 Å². The van der Waals surface area contributed by atoms with Gasteiger partial charge < -0.3 is 10.5 Å². The Balaban J connectivity index is 2.69. The Bertz CT molecular complexity index is 395. The molecule has 0 aliphatic rings. The molecule has 0 fully saturated rings. The van der Waals surface area contributed by atoms with E-state index in [4.69, 9.17) is 10.5 Å². The third kappa shape index (κ3) is 5.96. The summed E-state index contributed by atoms with van der Waals surface area (Å²) in [6.07, 6.45) is 3.21. The quantitative estimate of drug-likeness (QED) is 0.766. The first kappa shape index (κ1) is 17.0. The molecule has 20 heavy (non-hydrogen) atoms. The largest absolute Gasteiger partial charge is 0.493 e. The van der Waals surface area contributed by atoms with Crippen molar-refractivity contribution in [1.29, 1.82) is 0 Å². The van der Waals surface area contributed by atoms with Crippen molar-refractivity contribution < 1.29 is 4.74 Å². The zero-order valence-electron chi connectivity index (χ0n) is 13.8. The van der Waals surface area contributed by atoms with Crippen LogP contribution in [-0.2, 0) is 0 Å². The minimum atomic E-state index is 0.0559. The van der Waals surface area contributed by atoms with Crippen LogP contribution < -0.4 is 10.5 Å². The molecular weight excluding hydrogens is 246 g/mol. The van der Waals surface area contributed by atoms with Gasteiger partial charge in [-0.15, -0.1) is 0 Å². The second-order valence-corrected chi connectivity index (χ2v) is 7.10. The Morgan fingerprint density at radius 1 is 1.20 bits per heavy atom. The van der Waals surface area contributed by atoms with Crippen molar-refractivity contribution in [2.45, 2.75) is 59.9 Å². The van der Waals surface area contributed by atoms with Gasteiger partial charge in [0.15, 0.2) is 0 Å². The fourth-order valence-corrected chi connectivity index (χ4v) is 2.82. The van der Waals surface area contributed by atoms with Crippen molar-refractivity contribution in [2.75, 3.05) is 6.61 Å². The molecule has 1 aromatic carbocycles. The third-order valence-electron chi connectivity index (χ3n) is 3.40. The summed E-state index contributed by atoms with van der Waals surface area (Å²) in [7, 11) is 0. The number of benzene rings is 1. The van der Waals surface area contributed by atoms with Crippen molar-refractivity contribution in [3.05, 3.63) is 29.8 Å². The first-order chi connectivity index (χ1) is 9.33. The molecule has 0 saturated carbocycles. The van der Waals surface area contributed by atoms with Crippen LogP contribution in [0.1, 0.15) is 65.5 Å². The van der Waals surface area contributed by atoms with Gasteiger partial charge in [0.2, 0.25) is 0 Å². The number of hydrogen-bond acceptors (Lipinski definition) is 2. The van der Waals surface area contributed by atoms with Crippen LogP contribution >= 0.6 is 0 Å². The standard InChI is InChI=1S/C18H31NO/c1-6-11-20-17-10-8-7-9-15(17)16(19)12-14(2)13-18(3,4)5/h7-10,14,16H,6,11-13,19H2,1-5H3. The van der Waals surface area contributed by atoms with Crippen molar-refractivity contribution >= 4 is 0 Å². The van der Waals surface area contributed by atoms with Gasteiger partial charge in [-0.05, 0) is 36.7 Å². The SMILES string of the molecule is CCCOc1ccccc1C(N)CC(C)CC(C)(C)C. The molecule has 0 amide bonds. The van der Waals surface area contributed by atoms with Gasteiger partial charge in [0.25, 0.3) is 0 Å². The minimum absolute atomic E-state index is 0.0559. The summed E-state index contributed by atoms with van der Waals surface area (Å²) < 4.78 is 5.81. The zero-order chi connectivity index (χ0) is 15.2. The molecule has 0 heterocycles. The lowest BCUT2D eigenvalue weighted by Crippen LogP contribution is -2.19. The Morgan fingerprint density at radius 3 is 2.45 bits per heavy atom. The van der Waals surface area contributed by atoms with E-state index in [9.17, 15) is 0 Å². The molecule has 0 radical (unpaired) electrons. The van der Waals surface area contributed by atoms with E-state index >= 15 is 0 Å². The predicted octanol–water partition coefficient (Wildman–Crippen LogP) is 4.94. The maximum Gasteiger partial charge on any atom is 0.124 e. The van der Waals surface area contributed by atoms with Crippen molar-refractivity contribution in [2.24, 2.45) is 17.1 Å². The van der Waals surface area contributed by atoms with Crippen molar-refractivity contribution in [3.8, 4) is 5.75 Å². The lowest BCUT2D eigenvalue weighted by atomic mass is 9.82. The fraction of sp³-hybridized carbons (Fsp3) is 0.667. The van der Waals surface area contributed by atoms with Crippen LogP contribution in [0.25, 0.3) is 0 Å². The zero-order valence-corrected chi connectivity index (χ0v) is 13.8. The number of hydrogen-bond donors (Lipinski definition) is 1. The summed E-state index contributed by atoms with van der Waals surface area (Å²) in [5, 5.41) is 0. The van der Waals surface area contributed by atoms with E-state index in [2.05, 4.69) is 40.7 Å². The summed E-state index contributed by atoms with van der Waals surface area (Å²) in [5.74, 6) is 1.56. The number of nitrogens with two attached hydrogens (primary N) is 1. The smallest absolute Gasteiger partial charge is 0.124 e. The van der Waals surface area contributed by atoms with E-state index in [1.807, 2.05) is 18.2 Å². The van der Waals surface area contributed by atoms with Gasteiger partial charge >= 0.3 is 0 Å². The Hall–Kier alpha value is -1.02. The molecule has 114 valence electrons. The highest BCUT2D eigenvalue weighted by atomic mass is 16.5. The molecule has 0 aliphatic carbocycles. The molecule has 2 N–H and O–H groups in total. The lowest BCUT2D eigenvalue weighted by molar-refractivity contribution is 0.281. The maximum absolute atomic E-state index is 6.41. The number of rotatable bonds is 7. The second kappa shape index (κ2) is 7.68. The van der Waals surface area contributed by atoms with Crippen molar-refractivity contribution in [1.82, 2.24) is 0 Å². The van der Waals surface area contributed by atoms with E-state index in [1.54, 1.807) is 0 Å². The Labute approximate surface area is 124 Å². The van der Waals surface area contributed by atoms with Gasteiger partial charge in [-0.1, -0.05) is 52.8 Å². The van der Waals surface area contributed by atoms with Crippen LogP contribution in [0.5, 0.6) is 5.75 Å². The topological polar surface area (TPSA) is 35.2 Å². The molecule has 2 heteroatoms. The highest BCUT2D eigenvalue weighted by molar-refractivity contribution is 5.35. The van der Waals surface area contributed by atoms with E-state index in [0.29, 0.717) is 11.3 Å². The van der Waals surface area contributed by atoms with E-state index in [-0.39, 0.29) is 6.04 Å². The number of ether oxygens (including phenoxy) is 1. The summed E-state index contributed by atoms with van der Waals surface area (Å²) >= 11 is 0. The molecular formula is C18H31NO. The first-order valence-electron chi connectivity index (χ1n) is 7.80. The van der Waals surface area contributed by atoms with Crippen molar-refractivity contribution in [3.63, 3.8) is 0 Å². The molecule has 1 aromatic rings. The van der Waals surface area contributed by atoms with Gasteiger partial charge in [0, 0.05) is 11.6 Å². The summed E-state index contributed by atoms with van der Waals surface area (Å²) in [6, 6.07) is 8.24. The van der Waals surface area contributed by atoms with Crippen LogP contribution in [-0.4, -0.2) is 6.61 Å². The lowest BCUT2D eigenvalue weighted by Gasteiger charge is -2.26. The molecule has 0 aromatic heterocycles. The van der Waals surface area contributed by atoms with Gasteiger partial charge in [-0.2, -0.15) is 0 Å². The highest BCUT2D eigenvalue weighted by Gasteiger charge is 2.19. The summed E-state index contributed by atoms with van der Waals surface area (Å²) in [4.78, 5) is 0. The minimum Gasteiger partial charge on any atom is -0.493 e. The van der Waals surface area contributed by atoms with E-state index < -0.39 is 0 Å². The summed E-state index contributed by atoms with van der Waals surface area (Å²) in [6.45, 7) is 12.0. The second-order valence-electron chi connectivity index (χ2n) is 7.10. The van der Waals surface area contributed by atoms with Gasteiger partial charge in [-0.25, -0.2) is 0 Å². The Morgan fingerprint density at radius 2 is 1.85 bits per heavy atom. The predicted molar refractivity (Wildman–Crippen MR) is 87.0 cm³/mol. The molecule has 2 nitrogen and oxygen atoms in total. The molecule has 2 atom stereocenters.